The Balaban J connectivity index is 1.48. The van der Waals surface area contributed by atoms with Crippen LogP contribution in [0.3, 0.4) is 0 Å². The molecule has 7 heteroatoms. The fourth-order valence-electron chi connectivity index (χ4n) is 5.38. The lowest BCUT2D eigenvalue weighted by Gasteiger charge is -2.57. The maximum atomic E-state index is 10.9. The second kappa shape index (κ2) is 5.85. The van der Waals surface area contributed by atoms with Crippen LogP contribution in [0.1, 0.15) is 38.5 Å². The van der Waals surface area contributed by atoms with Gasteiger partial charge in [0.05, 0.1) is 15.6 Å². The van der Waals surface area contributed by atoms with Crippen molar-refractivity contribution < 1.29 is 4.92 Å². The van der Waals surface area contributed by atoms with E-state index in [0.717, 1.165) is 17.8 Å². The lowest BCUT2D eigenvalue weighted by Crippen LogP contribution is -2.60. The first-order valence-corrected chi connectivity index (χ1v) is 9.24. The molecule has 0 atom stereocenters. The number of nitro groups is 1. The van der Waals surface area contributed by atoms with E-state index in [0.29, 0.717) is 15.8 Å². The molecule has 4 fully saturated rings. The van der Waals surface area contributed by atoms with Crippen molar-refractivity contribution in [3.8, 4) is 0 Å². The van der Waals surface area contributed by atoms with Crippen LogP contribution in [0.5, 0.6) is 0 Å². The van der Waals surface area contributed by atoms with Crippen LogP contribution in [0.15, 0.2) is 18.2 Å². The van der Waals surface area contributed by atoms with Crippen LogP contribution in [0.4, 0.5) is 11.4 Å². The van der Waals surface area contributed by atoms with Gasteiger partial charge in [0.15, 0.2) is 5.11 Å². The first kappa shape index (κ1) is 16.1. The molecule has 0 heterocycles. The number of hydrogen-bond donors (Lipinski definition) is 2. The molecule has 0 aromatic heterocycles. The van der Waals surface area contributed by atoms with E-state index in [1.54, 1.807) is 0 Å². The molecule has 4 aliphatic rings. The van der Waals surface area contributed by atoms with Gasteiger partial charge in [-0.2, -0.15) is 0 Å². The summed E-state index contributed by atoms with van der Waals surface area (Å²) in [6.07, 6.45) is 7.67. The molecule has 0 unspecified atom stereocenters. The zero-order valence-corrected chi connectivity index (χ0v) is 14.8. The molecule has 4 saturated carbocycles. The van der Waals surface area contributed by atoms with E-state index in [1.807, 2.05) is 0 Å². The molecule has 1 aromatic carbocycles. The monoisotopic (exact) mass is 365 g/mol. The lowest BCUT2D eigenvalue weighted by molar-refractivity contribution is -0.384. The van der Waals surface area contributed by atoms with E-state index in [-0.39, 0.29) is 11.2 Å². The normalized spacial score (nSPS) is 33.3. The fourth-order valence-corrected chi connectivity index (χ4v) is 5.87. The molecule has 24 heavy (non-hydrogen) atoms. The average molecular weight is 366 g/mol. The highest BCUT2D eigenvalue weighted by molar-refractivity contribution is 7.80. The van der Waals surface area contributed by atoms with Crippen molar-refractivity contribution in [2.75, 3.05) is 5.32 Å². The molecule has 5 nitrogen and oxygen atoms in total. The number of thiocarbonyl (C=S) groups is 1. The Bertz CT molecular complexity index is 674. The summed E-state index contributed by atoms with van der Waals surface area (Å²) in [7, 11) is 0. The zero-order valence-electron chi connectivity index (χ0n) is 13.3. The topological polar surface area (TPSA) is 67.2 Å². The van der Waals surface area contributed by atoms with Crippen molar-refractivity contribution in [1.82, 2.24) is 5.32 Å². The van der Waals surface area contributed by atoms with E-state index in [2.05, 4.69) is 10.6 Å². The van der Waals surface area contributed by atoms with Crippen molar-refractivity contribution in [1.29, 1.82) is 0 Å². The highest BCUT2D eigenvalue weighted by Gasteiger charge is 2.51. The minimum Gasteiger partial charge on any atom is -0.357 e. The van der Waals surface area contributed by atoms with Gasteiger partial charge in [-0.15, -0.1) is 0 Å². The van der Waals surface area contributed by atoms with Crippen LogP contribution in [0.25, 0.3) is 0 Å². The van der Waals surface area contributed by atoms with Gasteiger partial charge in [-0.1, -0.05) is 11.6 Å². The molecular weight excluding hydrogens is 346 g/mol. The smallest absolute Gasteiger partial charge is 0.271 e. The predicted molar refractivity (Wildman–Crippen MR) is 98.4 cm³/mol. The maximum Gasteiger partial charge on any atom is 0.271 e. The number of nitro benzene ring substituents is 1. The van der Waals surface area contributed by atoms with E-state index < -0.39 is 4.92 Å². The SMILES string of the molecule is O=[N+]([O-])c1ccc(Cl)c(NC(=S)NC23CC4CC(CC(C4)C2)C3)c1. The van der Waals surface area contributed by atoms with Crippen LogP contribution in [-0.4, -0.2) is 15.6 Å². The van der Waals surface area contributed by atoms with Gasteiger partial charge in [-0.25, -0.2) is 0 Å². The summed E-state index contributed by atoms with van der Waals surface area (Å²) in [5.41, 5.74) is 0.582. The number of non-ortho nitro benzene ring substituents is 1. The first-order valence-electron chi connectivity index (χ1n) is 8.45. The first-order chi connectivity index (χ1) is 11.4. The summed E-state index contributed by atoms with van der Waals surface area (Å²) < 4.78 is 0. The number of benzene rings is 1. The third kappa shape index (κ3) is 2.97. The molecule has 0 aliphatic heterocycles. The Morgan fingerprint density at radius 3 is 2.33 bits per heavy atom. The molecule has 0 radical (unpaired) electrons. The van der Waals surface area contributed by atoms with Crippen molar-refractivity contribution >= 4 is 40.3 Å². The second-order valence-electron chi connectivity index (χ2n) is 7.70. The molecule has 1 aromatic rings. The summed E-state index contributed by atoms with van der Waals surface area (Å²) in [4.78, 5) is 10.5. The van der Waals surface area contributed by atoms with Gasteiger partial charge in [0.25, 0.3) is 5.69 Å². The molecule has 2 N–H and O–H groups in total. The van der Waals surface area contributed by atoms with Crippen LogP contribution in [0, 0.1) is 27.9 Å². The van der Waals surface area contributed by atoms with Crippen molar-refractivity contribution in [3.63, 3.8) is 0 Å². The molecule has 0 amide bonds. The van der Waals surface area contributed by atoms with Crippen LogP contribution < -0.4 is 10.6 Å². The third-order valence-corrected chi connectivity index (χ3v) is 6.36. The van der Waals surface area contributed by atoms with Crippen molar-refractivity contribution in [2.45, 2.75) is 44.1 Å². The standard InChI is InChI=1S/C17H20ClN3O2S/c18-14-2-1-13(21(22)23)6-15(14)19-16(24)20-17-7-10-3-11(8-17)5-12(4-10)9-17/h1-2,6,10-12H,3-5,7-9H2,(H2,19,20,24). The van der Waals surface area contributed by atoms with Crippen molar-refractivity contribution in [3.05, 3.63) is 33.3 Å². The van der Waals surface area contributed by atoms with Crippen LogP contribution in [-0.2, 0) is 0 Å². The number of rotatable bonds is 3. The van der Waals surface area contributed by atoms with Gasteiger partial charge in [0.2, 0.25) is 0 Å². The Morgan fingerprint density at radius 1 is 1.21 bits per heavy atom. The fraction of sp³-hybridized carbons (Fsp3) is 0.588. The zero-order chi connectivity index (χ0) is 16.9. The van der Waals surface area contributed by atoms with E-state index in [9.17, 15) is 10.1 Å². The van der Waals surface area contributed by atoms with Crippen LogP contribution >= 0.6 is 23.8 Å². The number of halogens is 1. The van der Waals surface area contributed by atoms with Gasteiger partial charge in [0.1, 0.15) is 0 Å². The largest absolute Gasteiger partial charge is 0.357 e. The minimum absolute atomic E-state index is 0.000459. The number of nitrogens with one attached hydrogen (secondary N) is 2. The van der Waals surface area contributed by atoms with Crippen molar-refractivity contribution in [2.24, 2.45) is 17.8 Å². The highest BCUT2D eigenvalue weighted by Crippen LogP contribution is 2.55. The molecule has 5 rings (SSSR count). The van der Waals surface area contributed by atoms with E-state index in [4.69, 9.17) is 23.8 Å². The summed E-state index contributed by atoms with van der Waals surface area (Å²) in [5.74, 6) is 2.48. The van der Waals surface area contributed by atoms with Crippen LogP contribution in [0.2, 0.25) is 5.02 Å². The maximum absolute atomic E-state index is 10.9. The number of hydrogen-bond acceptors (Lipinski definition) is 3. The number of anilines is 1. The van der Waals surface area contributed by atoms with Gasteiger partial charge in [-0.3, -0.25) is 10.1 Å². The lowest BCUT2D eigenvalue weighted by atomic mass is 9.53. The summed E-state index contributed by atoms with van der Waals surface area (Å²) in [6, 6.07) is 4.34. The molecule has 4 bridgehead atoms. The van der Waals surface area contributed by atoms with Gasteiger partial charge >= 0.3 is 0 Å². The second-order valence-corrected chi connectivity index (χ2v) is 8.51. The van der Waals surface area contributed by atoms with Gasteiger partial charge in [0, 0.05) is 17.7 Å². The Labute approximate surface area is 151 Å². The molecule has 4 aliphatic carbocycles. The summed E-state index contributed by atoms with van der Waals surface area (Å²) in [6.45, 7) is 0. The average Bonchev–Trinajstić information content (AvgIpc) is 2.47. The predicted octanol–water partition coefficient (Wildman–Crippen LogP) is 4.50. The van der Waals surface area contributed by atoms with Gasteiger partial charge < -0.3 is 10.6 Å². The summed E-state index contributed by atoms with van der Waals surface area (Å²) in [5, 5.41) is 18.5. The highest BCUT2D eigenvalue weighted by atomic mass is 35.5. The number of nitrogens with zero attached hydrogens (tertiary/aromatic N) is 1. The quantitative estimate of drug-likeness (QED) is 0.469. The third-order valence-electron chi connectivity index (χ3n) is 5.83. The summed E-state index contributed by atoms with van der Waals surface area (Å²) >= 11 is 11.6. The molecular formula is C17H20ClN3O2S. The molecule has 0 spiro atoms. The minimum atomic E-state index is -0.433. The van der Waals surface area contributed by atoms with Gasteiger partial charge in [-0.05, 0) is 74.6 Å². The van der Waals surface area contributed by atoms with E-state index in [1.165, 1.54) is 56.7 Å². The Kier molecular flexibility index (Phi) is 3.92. The molecule has 0 saturated heterocycles. The molecule has 128 valence electrons. The Hall–Kier alpha value is -1.40. The Morgan fingerprint density at radius 2 is 1.79 bits per heavy atom. The van der Waals surface area contributed by atoms with E-state index >= 15 is 0 Å².